The van der Waals surface area contributed by atoms with Crippen LogP contribution in [-0.4, -0.2) is 18.5 Å². The Morgan fingerprint density at radius 3 is 0.500 bits per heavy atom. The Bertz CT molecular complexity index is 116. The predicted molar refractivity (Wildman–Crippen MR) is 16.2 cm³/mol. The van der Waals surface area contributed by atoms with Crippen LogP contribution in [0.15, 0.2) is 0 Å². The second-order valence-corrected chi connectivity index (χ2v) is 0.750. The number of carboxylic acid groups (broad SMARTS) is 6. The van der Waals surface area contributed by atoms with E-state index in [2.05, 4.69) is 0 Å². The second-order valence-electron chi connectivity index (χ2n) is 0.750. The molecule has 0 aliphatic carbocycles. The molecular weight excluding hydrogens is 552 g/mol. The third-order valence-electron chi connectivity index (χ3n) is 0. The Labute approximate surface area is 104 Å². The van der Waals surface area contributed by atoms with Gasteiger partial charge in [-0.1, -0.05) is 0 Å². The van der Waals surface area contributed by atoms with E-state index in [1.54, 1.807) is 0 Å². The summed E-state index contributed by atoms with van der Waals surface area (Å²) in [6.45, 7) is 0. The molecular formula is C3O9Re2. The fourth-order valence-electron chi connectivity index (χ4n) is 0. The number of hydrogen-bond acceptors (Lipinski definition) is 9. The van der Waals surface area contributed by atoms with E-state index < -0.39 is 18.5 Å². The summed E-state index contributed by atoms with van der Waals surface area (Å²) in [6, 6.07) is 0. The number of carbonyl (C=O) groups is 3. The van der Waals surface area contributed by atoms with Crippen LogP contribution in [0.1, 0.15) is 0 Å². The molecule has 0 heterocycles. The number of rotatable bonds is 0. The second kappa shape index (κ2) is 22.7. The van der Waals surface area contributed by atoms with E-state index in [9.17, 15) is 0 Å². The fourth-order valence-corrected chi connectivity index (χ4v) is 0. The molecule has 0 unspecified atom stereocenters. The molecule has 0 fully saturated rings. The summed E-state index contributed by atoms with van der Waals surface area (Å²) in [5, 5.41) is 50.0. The molecule has 11 heteroatoms. The molecule has 0 spiro atoms. The van der Waals surface area contributed by atoms with Gasteiger partial charge < -0.3 is 45.0 Å². The van der Waals surface area contributed by atoms with Gasteiger partial charge in [-0.25, -0.2) is 0 Å². The zero-order valence-corrected chi connectivity index (χ0v) is 11.4. The fraction of sp³-hybridized carbons (Fsp3) is 0. The van der Waals surface area contributed by atoms with E-state index in [4.69, 9.17) is 45.0 Å². The molecule has 0 aliphatic heterocycles. The summed E-state index contributed by atoms with van der Waals surface area (Å²) in [6.07, 6.45) is -7.00. The number of carbonyl (C=O) groups excluding carboxylic acids is 3. The molecule has 14 heavy (non-hydrogen) atoms. The SMILES string of the molecule is O=C([O-])[O-].O=C([O-])[O-].O=C([O-])[O-].[Re+3].[Re+3]. The van der Waals surface area contributed by atoms with Gasteiger partial charge in [0.15, 0.2) is 0 Å². The number of hydrogen-bond donors (Lipinski definition) is 0. The summed E-state index contributed by atoms with van der Waals surface area (Å²) in [5.41, 5.74) is 0. The summed E-state index contributed by atoms with van der Waals surface area (Å²) < 4.78 is 0. The van der Waals surface area contributed by atoms with Gasteiger partial charge in [-0.05, 0) is 18.5 Å². The molecule has 0 aromatic carbocycles. The van der Waals surface area contributed by atoms with Crippen molar-refractivity contribution >= 4 is 18.5 Å². The Morgan fingerprint density at radius 2 is 0.500 bits per heavy atom. The van der Waals surface area contributed by atoms with Crippen molar-refractivity contribution in [2.45, 2.75) is 0 Å². The first-order chi connectivity index (χ1) is 5.20. The van der Waals surface area contributed by atoms with Crippen molar-refractivity contribution < 1.29 is 85.9 Å². The van der Waals surface area contributed by atoms with Gasteiger partial charge in [0.2, 0.25) is 0 Å². The van der Waals surface area contributed by atoms with Crippen molar-refractivity contribution in [1.29, 1.82) is 0 Å². The first-order valence-electron chi connectivity index (χ1n) is 1.84. The van der Waals surface area contributed by atoms with Gasteiger partial charge in [0, 0.05) is 0 Å². The van der Waals surface area contributed by atoms with Gasteiger partial charge in [0.25, 0.3) is 0 Å². The predicted octanol–water partition coefficient (Wildman–Crippen LogP) is -7.35. The monoisotopic (exact) mass is 554 g/mol. The third kappa shape index (κ3) is 1530. The van der Waals surface area contributed by atoms with Gasteiger partial charge in [0.05, 0.1) is 0 Å². The van der Waals surface area contributed by atoms with Crippen LogP contribution in [0.25, 0.3) is 0 Å². The van der Waals surface area contributed by atoms with Crippen LogP contribution in [0.3, 0.4) is 0 Å². The molecule has 0 saturated carbocycles. The molecule has 0 aliphatic rings. The van der Waals surface area contributed by atoms with Gasteiger partial charge in [-0.3, -0.25) is 0 Å². The molecule has 0 bridgehead atoms. The van der Waals surface area contributed by atoms with Crippen LogP contribution in [0.2, 0.25) is 0 Å². The zero-order chi connectivity index (χ0) is 10.7. The minimum absolute atomic E-state index is 0. The van der Waals surface area contributed by atoms with Crippen LogP contribution < -0.4 is 30.6 Å². The van der Waals surface area contributed by atoms with Gasteiger partial charge >= 0.3 is 40.8 Å². The molecule has 0 atom stereocenters. The van der Waals surface area contributed by atoms with Gasteiger partial charge in [0.1, 0.15) is 0 Å². The average Bonchev–Trinajstić information content (AvgIpc) is 1.54. The molecule has 0 radical (unpaired) electrons. The minimum atomic E-state index is -2.33. The summed E-state index contributed by atoms with van der Waals surface area (Å²) in [4.78, 5) is 25.0. The Hall–Kier alpha value is -0.865. The molecule has 0 amide bonds. The quantitative estimate of drug-likeness (QED) is 0.281. The molecule has 0 aromatic rings. The van der Waals surface area contributed by atoms with Crippen molar-refractivity contribution in [3.63, 3.8) is 0 Å². The molecule has 0 saturated heterocycles. The van der Waals surface area contributed by atoms with Gasteiger partial charge in [-0.2, -0.15) is 0 Å². The van der Waals surface area contributed by atoms with Crippen LogP contribution >= 0.6 is 0 Å². The Kier molecular flexibility index (Phi) is 47.5. The molecule has 0 rings (SSSR count). The van der Waals surface area contributed by atoms with Crippen molar-refractivity contribution in [2.24, 2.45) is 0 Å². The first-order valence-corrected chi connectivity index (χ1v) is 1.84. The molecule has 0 N–H and O–H groups in total. The maximum Gasteiger partial charge on any atom is 3.00 e. The van der Waals surface area contributed by atoms with Crippen LogP contribution in [0.5, 0.6) is 0 Å². The standard InChI is InChI=1S/3CH2O3.2Re/c3*2-1(3)4;;/h3*(H2,2,3,4);;/q;;;2*+3/p-6. The zero-order valence-electron chi connectivity index (χ0n) is 5.93. The molecule has 9 nitrogen and oxygen atoms in total. The van der Waals surface area contributed by atoms with Crippen LogP contribution in [0.4, 0.5) is 14.4 Å². The molecule has 80 valence electrons. The average molecular weight is 552 g/mol. The van der Waals surface area contributed by atoms with E-state index in [1.807, 2.05) is 0 Å². The summed E-state index contributed by atoms with van der Waals surface area (Å²) >= 11 is 0. The maximum absolute atomic E-state index is 8.33. The summed E-state index contributed by atoms with van der Waals surface area (Å²) in [7, 11) is 0. The van der Waals surface area contributed by atoms with E-state index in [0.29, 0.717) is 0 Å². The minimum Gasteiger partial charge on any atom is -0.652 e. The van der Waals surface area contributed by atoms with Crippen LogP contribution in [0, 0.1) is 0 Å². The van der Waals surface area contributed by atoms with E-state index in [0.717, 1.165) is 0 Å². The van der Waals surface area contributed by atoms with Crippen molar-refractivity contribution in [1.82, 2.24) is 0 Å². The normalized spacial score (nSPS) is 5.14. The van der Waals surface area contributed by atoms with Crippen molar-refractivity contribution in [3.8, 4) is 0 Å². The van der Waals surface area contributed by atoms with E-state index in [-0.39, 0.29) is 40.8 Å². The smallest absolute Gasteiger partial charge is 0.652 e. The van der Waals surface area contributed by atoms with E-state index >= 15 is 0 Å². The Morgan fingerprint density at radius 1 is 0.500 bits per heavy atom. The Balaban J connectivity index is -0.0000000270. The van der Waals surface area contributed by atoms with Crippen molar-refractivity contribution in [2.75, 3.05) is 0 Å². The van der Waals surface area contributed by atoms with E-state index in [1.165, 1.54) is 0 Å². The van der Waals surface area contributed by atoms with Crippen LogP contribution in [-0.2, 0) is 40.8 Å². The first kappa shape index (κ1) is 29.2. The van der Waals surface area contributed by atoms with Crippen molar-refractivity contribution in [3.05, 3.63) is 0 Å². The topological polar surface area (TPSA) is 190 Å². The van der Waals surface area contributed by atoms with Gasteiger partial charge in [-0.15, -0.1) is 0 Å². The third-order valence-corrected chi connectivity index (χ3v) is 0. The summed E-state index contributed by atoms with van der Waals surface area (Å²) in [5.74, 6) is 0. The largest absolute Gasteiger partial charge is 3.00 e. The molecule has 0 aromatic heterocycles. The maximum atomic E-state index is 8.33.